The normalized spacial score (nSPS) is 17.0. The number of ether oxygens (including phenoxy) is 2. The first-order valence-electron chi connectivity index (χ1n) is 11.6. The second-order valence-electron chi connectivity index (χ2n) is 8.83. The van der Waals surface area contributed by atoms with Crippen molar-refractivity contribution >= 4 is 23.5 Å². The molecular formula is C28H29N3O5. The van der Waals surface area contributed by atoms with Crippen molar-refractivity contribution in [2.75, 3.05) is 26.1 Å². The van der Waals surface area contributed by atoms with Crippen molar-refractivity contribution in [3.8, 4) is 22.6 Å². The first-order valence-corrected chi connectivity index (χ1v) is 11.6. The summed E-state index contributed by atoms with van der Waals surface area (Å²) in [5.41, 5.74) is 2.19. The lowest BCUT2D eigenvalue weighted by molar-refractivity contribution is -0.133. The Balaban J connectivity index is 1.43. The third-order valence-corrected chi connectivity index (χ3v) is 6.29. The van der Waals surface area contributed by atoms with Gasteiger partial charge < -0.3 is 20.1 Å². The van der Waals surface area contributed by atoms with Gasteiger partial charge in [0.1, 0.15) is 23.6 Å². The van der Waals surface area contributed by atoms with E-state index in [4.69, 9.17) is 9.47 Å². The van der Waals surface area contributed by atoms with Crippen LogP contribution in [0.2, 0.25) is 0 Å². The molecule has 8 nitrogen and oxygen atoms in total. The monoisotopic (exact) mass is 487 g/mol. The van der Waals surface area contributed by atoms with Crippen molar-refractivity contribution in [1.82, 2.24) is 10.2 Å². The predicted molar refractivity (Wildman–Crippen MR) is 137 cm³/mol. The van der Waals surface area contributed by atoms with Gasteiger partial charge in [-0.2, -0.15) is 0 Å². The lowest BCUT2D eigenvalue weighted by Gasteiger charge is -2.21. The molecule has 0 aliphatic carbocycles. The van der Waals surface area contributed by atoms with Crippen LogP contribution in [-0.2, 0) is 16.0 Å². The van der Waals surface area contributed by atoms with Crippen molar-refractivity contribution in [1.29, 1.82) is 0 Å². The smallest absolute Gasteiger partial charge is 0.325 e. The van der Waals surface area contributed by atoms with E-state index in [0.717, 1.165) is 27.3 Å². The Morgan fingerprint density at radius 2 is 1.69 bits per heavy atom. The van der Waals surface area contributed by atoms with Crippen molar-refractivity contribution in [2.45, 2.75) is 25.3 Å². The molecule has 1 atom stereocenters. The Morgan fingerprint density at radius 1 is 0.972 bits per heavy atom. The number of urea groups is 1. The van der Waals surface area contributed by atoms with E-state index < -0.39 is 23.4 Å². The van der Waals surface area contributed by atoms with Gasteiger partial charge >= 0.3 is 6.03 Å². The van der Waals surface area contributed by atoms with Crippen LogP contribution in [0, 0.1) is 0 Å². The Hall–Kier alpha value is -4.33. The van der Waals surface area contributed by atoms with Gasteiger partial charge in [-0.1, -0.05) is 42.5 Å². The van der Waals surface area contributed by atoms with E-state index in [2.05, 4.69) is 10.6 Å². The summed E-state index contributed by atoms with van der Waals surface area (Å²) in [5, 5.41) is 5.54. The molecule has 0 spiro atoms. The van der Waals surface area contributed by atoms with E-state index in [1.54, 1.807) is 39.3 Å². The largest absolute Gasteiger partial charge is 0.497 e. The molecule has 0 aromatic heterocycles. The van der Waals surface area contributed by atoms with Crippen LogP contribution in [0.4, 0.5) is 10.5 Å². The minimum Gasteiger partial charge on any atom is -0.497 e. The predicted octanol–water partition coefficient (Wildman–Crippen LogP) is 4.25. The quantitative estimate of drug-likeness (QED) is 0.440. The molecule has 36 heavy (non-hydrogen) atoms. The van der Waals surface area contributed by atoms with Crippen molar-refractivity contribution in [2.24, 2.45) is 0 Å². The summed E-state index contributed by atoms with van der Waals surface area (Å²) in [6.45, 7) is 1.31. The molecule has 1 fully saturated rings. The number of benzene rings is 3. The first kappa shape index (κ1) is 24.8. The van der Waals surface area contributed by atoms with Crippen LogP contribution in [0.1, 0.15) is 18.9 Å². The van der Waals surface area contributed by atoms with Crippen LogP contribution in [0.15, 0.2) is 72.8 Å². The average molecular weight is 488 g/mol. The number of imide groups is 1. The molecule has 1 aliphatic heterocycles. The molecule has 1 aliphatic rings. The highest BCUT2D eigenvalue weighted by Crippen LogP contribution is 2.33. The van der Waals surface area contributed by atoms with E-state index >= 15 is 0 Å². The molecule has 0 unspecified atom stereocenters. The lowest BCUT2D eigenvalue weighted by Crippen LogP contribution is -2.45. The SMILES string of the molecule is COc1ccc(-c2cc(NC(=O)CN3C(=O)N[C@](C)(CCc4ccccc4)C3=O)ccc2OC)cc1. The second-order valence-corrected chi connectivity index (χ2v) is 8.83. The molecule has 1 saturated heterocycles. The van der Waals surface area contributed by atoms with Crippen LogP contribution in [0.5, 0.6) is 11.5 Å². The highest BCUT2D eigenvalue weighted by molar-refractivity contribution is 6.10. The third kappa shape index (κ3) is 5.33. The number of hydrogen-bond donors (Lipinski definition) is 2. The number of nitrogens with one attached hydrogen (secondary N) is 2. The van der Waals surface area contributed by atoms with Gasteiger partial charge in [0.15, 0.2) is 0 Å². The van der Waals surface area contributed by atoms with Crippen LogP contribution < -0.4 is 20.1 Å². The third-order valence-electron chi connectivity index (χ3n) is 6.29. The fraction of sp³-hybridized carbons (Fsp3) is 0.250. The molecule has 4 amide bonds. The molecule has 0 bridgehead atoms. The Kier molecular flexibility index (Phi) is 7.24. The summed E-state index contributed by atoms with van der Waals surface area (Å²) < 4.78 is 10.7. The maximum Gasteiger partial charge on any atom is 0.325 e. The van der Waals surface area contributed by atoms with Crippen molar-refractivity contribution < 1.29 is 23.9 Å². The molecule has 3 aromatic carbocycles. The summed E-state index contributed by atoms with van der Waals surface area (Å²) in [5.74, 6) is 0.483. The molecule has 4 rings (SSSR count). The van der Waals surface area contributed by atoms with Gasteiger partial charge in [-0.05, 0) is 61.2 Å². The number of rotatable bonds is 9. The first-order chi connectivity index (χ1) is 17.3. The highest BCUT2D eigenvalue weighted by Gasteiger charge is 2.47. The highest BCUT2D eigenvalue weighted by atomic mass is 16.5. The van der Waals surface area contributed by atoms with Crippen LogP contribution >= 0.6 is 0 Å². The van der Waals surface area contributed by atoms with Gasteiger partial charge in [0.05, 0.1) is 14.2 Å². The van der Waals surface area contributed by atoms with Gasteiger partial charge in [-0.15, -0.1) is 0 Å². The number of methoxy groups -OCH3 is 2. The zero-order valence-electron chi connectivity index (χ0n) is 20.5. The average Bonchev–Trinajstić information content (AvgIpc) is 3.11. The summed E-state index contributed by atoms with van der Waals surface area (Å²) >= 11 is 0. The summed E-state index contributed by atoms with van der Waals surface area (Å²) in [4.78, 5) is 39.4. The maximum absolute atomic E-state index is 13.1. The molecule has 2 N–H and O–H groups in total. The van der Waals surface area contributed by atoms with Crippen molar-refractivity contribution in [3.05, 3.63) is 78.4 Å². The fourth-order valence-electron chi connectivity index (χ4n) is 4.23. The standard InChI is InChI=1S/C28H29N3O5/c1-28(16-15-19-7-5-4-6-8-19)26(33)31(27(34)30-28)18-25(32)29-21-11-14-24(36-3)23(17-21)20-9-12-22(35-2)13-10-20/h4-14,17H,15-16,18H2,1-3H3,(H,29,32)(H,30,34)/t28-/m1/s1. The number of aryl methyl sites for hydroxylation is 1. The molecule has 186 valence electrons. The number of nitrogens with zero attached hydrogens (tertiary/aromatic N) is 1. The van der Waals surface area contributed by atoms with E-state index in [1.807, 2.05) is 54.6 Å². The van der Waals surface area contributed by atoms with E-state index in [9.17, 15) is 14.4 Å². The Bertz CT molecular complexity index is 1260. The zero-order chi connectivity index (χ0) is 25.7. The van der Waals surface area contributed by atoms with Crippen LogP contribution in [0.3, 0.4) is 0 Å². The molecule has 3 aromatic rings. The topological polar surface area (TPSA) is 97.0 Å². The Morgan fingerprint density at radius 3 is 2.36 bits per heavy atom. The molecule has 1 heterocycles. The number of carbonyl (C=O) groups is 3. The molecule has 0 radical (unpaired) electrons. The number of hydrogen-bond acceptors (Lipinski definition) is 5. The summed E-state index contributed by atoms with van der Waals surface area (Å²) in [7, 11) is 3.18. The molecule has 8 heteroatoms. The number of anilines is 1. The number of carbonyl (C=O) groups excluding carboxylic acids is 3. The van der Waals surface area contributed by atoms with Gasteiger partial charge in [-0.25, -0.2) is 4.79 Å². The fourth-order valence-corrected chi connectivity index (χ4v) is 4.23. The van der Waals surface area contributed by atoms with E-state index in [-0.39, 0.29) is 6.54 Å². The van der Waals surface area contributed by atoms with Gasteiger partial charge in [0.25, 0.3) is 5.91 Å². The van der Waals surface area contributed by atoms with E-state index in [1.165, 1.54) is 0 Å². The van der Waals surface area contributed by atoms with E-state index in [0.29, 0.717) is 24.3 Å². The minimum atomic E-state index is -1.06. The lowest BCUT2D eigenvalue weighted by atomic mass is 9.93. The number of amides is 4. The maximum atomic E-state index is 13.1. The summed E-state index contributed by atoms with van der Waals surface area (Å²) in [6, 6.07) is 21.9. The van der Waals surface area contributed by atoms with Gasteiger partial charge in [0.2, 0.25) is 5.91 Å². The zero-order valence-corrected chi connectivity index (χ0v) is 20.5. The van der Waals surface area contributed by atoms with Gasteiger partial charge in [-0.3, -0.25) is 14.5 Å². The molecule has 0 saturated carbocycles. The van der Waals surface area contributed by atoms with Crippen LogP contribution in [0.25, 0.3) is 11.1 Å². The second kappa shape index (κ2) is 10.5. The van der Waals surface area contributed by atoms with Crippen molar-refractivity contribution in [3.63, 3.8) is 0 Å². The minimum absolute atomic E-state index is 0.379. The van der Waals surface area contributed by atoms with Gasteiger partial charge in [0, 0.05) is 11.3 Å². The van der Waals surface area contributed by atoms with Crippen LogP contribution in [-0.4, -0.2) is 49.0 Å². The Labute approximate surface area is 210 Å². The summed E-state index contributed by atoms with van der Waals surface area (Å²) in [6.07, 6.45) is 1.06. The molecular weight excluding hydrogens is 458 g/mol.